The molecule has 2 bridgehead atoms. The number of rotatable bonds is 4. The van der Waals surface area contributed by atoms with Crippen LogP contribution < -0.4 is 0 Å². The van der Waals surface area contributed by atoms with Crippen molar-refractivity contribution in [3.63, 3.8) is 0 Å². The largest absolute Gasteiger partial charge is 0.417 e. The van der Waals surface area contributed by atoms with Gasteiger partial charge in [-0.05, 0) is 49.8 Å². The van der Waals surface area contributed by atoms with Crippen molar-refractivity contribution in [2.24, 2.45) is 5.92 Å². The van der Waals surface area contributed by atoms with Gasteiger partial charge in [-0.1, -0.05) is 17.7 Å². The lowest BCUT2D eigenvalue weighted by Gasteiger charge is -2.25. The Kier molecular flexibility index (Phi) is 5.35. The molecule has 6 nitrogen and oxygen atoms in total. The summed E-state index contributed by atoms with van der Waals surface area (Å²) in [5.41, 5.74) is -0.370. The van der Waals surface area contributed by atoms with Crippen LogP contribution in [0.25, 0.3) is 5.69 Å². The number of nitrogens with zero attached hydrogens (tertiary/aromatic N) is 5. The molecule has 0 spiro atoms. The van der Waals surface area contributed by atoms with Crippen molar-refractivity contribution in [1.82, 2.24) is 24.9 Å². The van der Waals surface area contributed by atoms with Crippen LogP contribution in [0.5, 0.6) is 0 Å². The smallest absolute Gasteiger partial charge is 0.332 e. The van der Waals surface area contributed by atoms with E-state index < -0.39 is 17.6 Å². The normalized spacial score (nSPS) is 22.2. The number of para-hydroxylation sites is 1. The van der Waals surface area contributed by atoms with Gasteiger partial charge in [0.15, 0.2) is 5.82 Å². The average molecular weight is 480 g/mol. The minimum atomic E-state index is -4.52. The summed E-state index contributed by atoms with van der Waals surface area (Å²) < 4.78 is 53.4. The van der Waals surface area contributed by atoms with Crippen LogP contribution in [0.4, 0.5) is 17.6 Å². The van der Waals surface area contributed by atoms with Gasteiger partial charge in [-0.2, -0.15) is 23.4 Å². The lowest BCUT2D eigenvalue weighted by Crippen LogP contribution is -2.37. The Hall–Kier alpha value is -3.01. The lowest BCUT2D eigenvalue weighted by molar-refractivity contribution is -0.137. The number of hydrogen-bond donors (Lipinski definition) is 0. The van der Waals surface area contributed by atoms with Crippen LogP contribution in [0, 0.1) is 11.7 Å². The van der Waals surface area contributed by atoms with Gasteiger partial charge in [0, 0.05) is 18.3 Å². The first-order chi connectivity index (χ1) is 15.7. The van der Waals surface area contributed by atoms with Crippen molar-refractivity contribution in [2.45, 2.75) is 43.9 Å². The zero-order chi connectivity index (χ0) is 23.3. The predicted molar refractivity (Wildman–Crippen MR) is 110 cm³/mol. The van der Waals surface area contributed by atoms with Gasteiger partial charge < -0.3 is 4.90 Å². The van der Waals surface area contributed by atoms with Gasteiger partial charge in [0.2, 0.25) is 0 Å². The van der Waals surface area contributed by atoms with Crippen molar-refractivity contribution in [1.29, 1.82) is 0 Å². The summed E-state index contributed by atoms with van der Waals surface area (Å²) in [4.78, 5) is 20.3. The predicted octanol–water partition coefficient (Wildman–Crippen LogP) is 4.71. The van der Waals surface area contributed by atoms with Gasteiger partial charge in [-0.15, -0.1) is 4.80 Å². The number of pyridine rings is 1. The second-order valence-corrected chi connectivity index (χ2v) is 8.72. The topological polar surface area (TPSA) is 63.9 Å². The van der Waals surface area contributed by atoms with E-state index in [0.717, 1.165) is 29.9 Å². The Labute approximate surface area is 191 Å². The van der Waals surface area contributed by atoms with Gasteiger partial charge in [-0.3, -0.25) is 9.78 Å². The first-order valence-corrected chi connectivity index (χ1v) is 10.8. The summed E-state index contributed by atoms with van der Waals surface area (Å²) in [5, 5.41) is 7.90. The molecule has 2 aliphatic heterocycles. The van der Waals surface area contributed by atoms with Crippen LogP contribution in [0.2, 0.25) is 5.02 Å². The lowest BCUT2D eigenvalue weighted by atomic mass is 9.86. The van der Waals surface area contributed by atoms with Crippen LogP contribution in [0.1, 0.15) is 40.9 Å². The number of alkyl halides is 3. The zero-order valence-electron chi connectivity index (χ0n) is 17.1. The highest BCUT2D eigenvalue weighted by Crippen LogP contribution is 2.45. The molecule has 3 aromatic rings. The van der Waals surface area contributed by atoms with E-state index in [-0.39, 0.29) is 40.2 Å². The molecule has 5 rings (SSSR count). The Balaban J connectivity index is 1.40. The molecule has 2 aromatic heterocycles. The highest BCUT2D eigenvalue weighted by atomic mass is 35.5. The van der Waals surface area contributed by atoms with E-state index in [2.05, 4.69) is 15.2 Å². The fraction of sp³-hybridized carbons (Fsp3) is 0.364. The number of carbonyl (C=O) groups is 1. The number of halogens is 5. The Morgan fingerprint density at radius 2 is 1.94 bits per heavy atom. The minimum Gasteiger partial charge on any atom is -0.332 e. The standard InChI is InChI=1S/C22H18ClF4N5O/c23-16-10-13(22(25,26)27)11-28-18(16)9-12-8-14-4-5-19(12)31(14)21(33)15-2-1-3-17(24)20(15)32-29-6-7-30-32/h1-3,6-7,10-12,14,19H,4-5,8-9H2. The van der Waals surface area contributed by atoms with Gasteiger partial charge in [0.25, 0.3) is 5.91 Å². The molecular weight excluding hydrogens is 462 g/mol. The molecule has 2 saturated heterocycles. The van der Waals surface area contributed by atoms with E-state index in [1.165, 1.54) is 24.5 Å². The van der Waals surface area contributed by atoms with E-state index in [1.54, 1.807) is 11.0 Å². The summed E-state index contributed by atoms with van der Waals surface area (Å²) in [6.45, 7) is 0. The molecule has 0 saturated carbocycles. The molecule has 3 unspecified atom stereocenters. The highest BCUT2D eigenvalue weighted by Gasteiger charge is 2.49. The van der Waals surface area contributed by atoms with E-state index >= 15 is 0 Å². The third kappa shape index (κ3) is 3.86. The molecule has 0 aliphatic carbocycles. The van der Waals surface area contributed by atoms with Crippen LogP contribution in [0.3, 0.4) is 0 Å². The van der Waals surface area contributed by atoms with Crippen molar-refractivity contribution in [3.05, 3.63) is 70.5 Å². The second-order valence-electron chi connectivity index (χ2n) is 8.32. The summed E-state index contributed by atoms with van der Waals surface area (Å²) in [6, 6.07) is 4.97. The first kappa shape index (κ1) is 21.8. The van der Waals surface area contributed by atoms with E-state index in [0.29, 0.717) is 18.5 Å². The first-order valence-electron chi connectivity index (χ1n) is 10.4. The number of fused-ring (bicyclic) bond motifs is 2. The molecular formula is C22H18ClF4N5O. The maximum atomic E-state index is 14.6. The molecule has 2 fully saturated rings. The number of benzene rings is 1. The highest BCUT2D eigenvalue weighted by molar-refractivity contribution is 6.31. The van der Waals surface area contributed by atoms with Gasteiger partial charge in [-0.25, -0.2) is 4.39 Å². The monoisotopic (exact) mass is 479 g/mol. The van der Waals surface area contributed by atoms with Crippen molar-refractivity contribution in [2.75, 3.05) is 0 Å². The van der Waals surface area contributed by atoms with Crippen LogP contribution >= 0.6 is 11.6 Å². The molecule has 1 amide bonds. The number of carbonyl (C=O) groups excluding carboxylic acids is 1. The molecule has 2 aliphatic rings. The second kappa shape index (κ2) is 8.09. The summed E-state index contributed by atoms with van der Waals surface area (Å²) >= 11 is 6.10. The number of aromatic nitrogens is 4. The summed E-state index contributed by atoms with van der Waals surface area (Å²) in [7, 11) is 0. The fourth-order valence-electron chi connectivity index (χ4n) is 5.03. The maximum absolute atomic E-state index is 14.6. The zero-order valence-corrected chi connectivity index (χ0v) is 17.9. The van der Waals surface area contributed by atoms with Crippen LogP contribution in [-0.4, -0.2) is 42.9 Å². The van der Waals surface area contributed by atoms with E-state index in [9.17, 15) is 22.4 Å². The van der Waals surface area contributed by atoms with Crippen LogP contribution in [-0.2, 0) is 12.6 Å². The summed E-state index contributed by atoms with van der Waals surface area (Å²) in [5.74, 6) is -0.932. The van der Waals surface area contributed by atoms with Gasteiger partial charge in [0.1, 0.15) is 5.69 Å². The average Bonchev–Trinajstić information content (AvgIpc) is 3.50. The number of hydrogen-bond acceptors (Lipinski definition) is 4. The molecule has 4 heterocycles. The van der Waals surface area contributed by atoms with Gasteiger partial charge >= 0.3 is 6.18 Å². The molecule has 33 heavy (non-hydrogen) atoms. The summed E-state index contributed by atoms with van der Waals surface area (Å²) in [6.07, 6.45) is 1.67. The molecule has 3 atom stereocenters. The van der Waals surface area contributed by atoms with Crippen molar-refractivity contribution < 1.29 is 22.4 Å². The third-order valence-electron chi connectivity index (χ3n) is 6.44. The van der Waals surface area contributed by atoms with Crippen molar-refractivity contribution in [3.8, 4) is 5.69 Å². The van der Waals surface area contributed by atoms with Crippen LogP contribution in [0.15, 0.2) is 42.9 Å². The van der Waals surface area contributed by atoms with E-state index in [1.807, 2.05) is 0 Å². The quantitative estimate of drug-likeness (QED) is 0.508. The Morgan fingerprint density at radius 1 is 1.18 bits per heavy atom. The van der Waals surface area contributed by atoms with Crippen molar-refractivity contribution >= 4 is 17.5 Å². The van der Waals surface area contributed by atoms with E-state index in [4.69, 9.17) is 11.6 Å². The maximum Gasteiger partial charge on any atom is 0.417 e. The fourth-order valence-corrected chi connectivity index (χ4v) is 5.27. The van der Waals surface area contributed by atoms with Gasteiger partial charge in [0.05, 0.1) is 34.2 Å². The molecule has 11 heteroatoms. The Bertz CT molecular complexity index is 1200. The minimum absolute atomic E-state index is 0.00530. The Morgan fingerprint density at radius 3 is 2.64 bits per heavy atom. The molecule has 0 N–H and O–H groups in total. The third-order valence-corrected chi connectivity index (χ3v) is 6.76. The molecule has 0 radical (unpaired) electrons. The molecule has 1 aromatic carbocycles. The molecule has 172 valence electrons. The SMILES string of the molecule is O=C(c1cccc(F)c1-n1nccn1)N1C2CCC1C(Cc1ncc(C(F)(F)F)cc1Cl)C2. The number of amides is 1.